The minimum absolute atomic E-state index is 1.00. The zero-order chi connectivity index (χ0) is 11.3. The van der Waals surface area contributed by atoms with E-state index in [0.29, 0.717) is 0 Å². The van der Waals surface area contributed by atoms with Gasteiger partial charge in [0.15, 0.2) is 0 Å². The van der Waals surface area contributed by atoms with E-state index in [9.17, 15) is 0 Å². The van der Waals surface area contributed by atoms with Crippen LogP contribution in [0, 0.1) is 0 Å². The molecule has 0 aromatic heterocycles. The summed E-state index contributed by atoms with van der Waals surface area (Å²) < 4.78 is 8.74. The highest BCUT2D eigenvalue weighted by atomic mass is 31.1. The Balaban J connectivity index is -0.000000142. The molecule has 0 aromatic carbocycles. The molecule has 0 aliphatic heterocycles. The number of aliphatic hydroxyl groups is 1. The van der Waals surface area contributed by atoms with Gasteiger partial charge in [0, 0.05) is 7.11 Å². The highest BCUT2D eigenvalue weighted by Crippen LogP contribution is 1.98. The first kappa shape index (κ1) is 18.8. The summed E-state index contributed by atoms with van der Waals surface area (Å²) in [7, 11) is -2.13. The van der Waals surface area contributed by atoms with Gasteiger partial charge in [-0.2, -0.15) is 0 Å². The Morgan fingerprint density at radius 2 is 1.15 bits per heavy atom. The van der Waals surface area contributed by atoms with E-state index < -0.39 is 8.25 Å². The largest absolute Gasteiger partial charge is 0.400 e. The van der Waals surface area contributed by atoms with E-state index in [2.05, 4.69) is 25.7 Å². The second kappa shape index (κ2) is 18.0. The highest BCUT2D eigenvalue weighted by molar-refractivity contribution is 7.30. The Bertz CT molecular complexity index is 89.0. The predicted molar refractivity (Wildman–Crippen MR) is 55.0 cm³/mol. The minimum atomic E-state index is -3.13. The molecule has 0 saturated carbocycles. The maximum absolute atomic E-state index is 8.74. The van der Waals surface area contributed by atoms with E-state index in [4.69, 9.17) is 19.5 Å². The van der Waals surface area contributed by atoms with E-state index >= 15 is 0 Å². The van der Waals surface area contributed by atoms with Crippen LogP contribution in [0.3, 0.4) is 0 Å². The Labute approximate surface area is 81.0 Å². The minimum Gasteiger partial charge on any atom is -0.400 e. The van der Waals surface area contributed by atoms with E-state index in [-0.39, 0.29) is 0 Å². The zero-order valence-corrected chi connectivity index (χ0v) is 9.82. The predicted octanol–water partition coefficient (Wildman–Crippen LogP) is 0.317. The fraction of sp³-hybridized carbons (Fsp3) is 1.00. The van der Waals surface area contributed by atoms with Crippen molar-refractivity contribution in [1.29, 1.82) is 0 Å². The second-order valence-electron chi connectivity index (χ2n) is 1.90. The average molecular weight is 215 g/mol. The zero-order valence-electron chi connectivity index (χ0n) is 8.82. The van der Waals surface area contributed by atoms with Crippen molar-refractivity contribution >= 4 is 8.25 Å². The molecule has 0 heterocycles. The van der Waals surface area contributed by atoms with Gasteiger partial charge in [-0.3, -0.25) is 4.57 Å². The summed E-state index contributed by atoms with van der Waals surface area (Å²) in [6.45, 7) is 10.1. The van der Waals surface area contributed by atoms with Gasteiger partial charge in [0.05, 0.1) is 0 Å². The van der Waals surface area contributed by atoms with Crippen molar-refractivity contribution in [2.75, 3.05) is 26.7 Å². The third-order valence-electron chi connectivity index (χ3n) is 1.34. The first-order valence-electron chi connectivity index (χ1n) is 4.17. The first-order valence-corrected chi connectivity index (χ1v) is 5.47. The monoisotopic (exact) mass is 215 g/mol. The lowest BCUT2D eigenvalue weighted by molar-refractivity contribution is 0.321. The molecule has 84 valence electrons. The number of rotatable bonds is 3. The van der Waals surface area contributed by atoms with Gasteiger partial charge in [0.25, 0.3) is 0 Å². The molecule has 0 fully saturated rings. The van der Waals surface area contributed by atoms with Crippen molar-refractivity contribution in [3.05, 3.63) is 0 Å². The summed E-state index contributed by atoms with van der Waals surface area (Å²) >= 11 is 0. The lowest BCUT2D eigenvalue weighted by Crippen LogP contribution is -2.21. The summed E-state index contributed by atoms with van der Waals surface area (Å²) in [6, 6.07) is 0. The van der Waals surface area contributed by atoms with Gasteiger partial charge < -0.3 is 19.8 Å². The fourth-order valence-corrected chi connectivity index (χ4v) is 0.671. The van der Waals surface area contributed by atoms with Crippen LogP contribution in [0.15, 0.2) is 0 Å². The van der Waals surface area contributed by atoms with Gasteiger partial charge >= 0.3 is 8.25 Å². The van der Waals surface area contributed by atoms with Crippen LogP contribution in [-0.4, -0.2) is 46.5 Å². The van der Waals surface area contributed by atoms with Gasteiger partial charge in [-0.25, -0.2) is 0 Å². The van der Waals surface area contributed by atoms with Crippen LogP contribution in [0.5, 0.6) is 0 Å². The molecule has 0 atom stereocenters. The van der Waals surface area contributed by atoms with Crippen LogP contribution < -0.4 is 0 Å². The number of nitrogens with zero attached hydrogens (tertiary/aromatic N) is 1. The summed E-state index contributed by atoms with van der Waals surface area (Å²) in [6.07, 6.45) is 0. The van der Waals surface area contributed by atoms with Crippen LogP contribution in [0.25, 0.3) is 0 Å². The number of aliphatic hydroxyl groups excluding tert-OH is 1. The van der Waals surface area contributed by atoms with E-state index in [1.165, 1.54) is 19.6 Å². The molecule has 0 saturated heterocycles. The average Bonchev–Trinajstić information content (AvgIpc) is 2.10. The Hall–Kier alpha value is 0.0700. The number of hydrogen-bond donors (Lipinski definition) is 3. The van der Waals surface area contributed by atoms with Crippen molar-refractivity contribution in [2.24, 2.45) is 0 Å². The van der Waals surface area contributed by atoms with Crippen LogP contribution in [-0.2, 0) is 4.57 Å². The lowest BCUT2D eigenvalue weighted by Gasteiger charge is -2.13. The number of hydrogen-bond acceptors (Lipinski definition) is 3. The molecule has 0 aliphatic carbocycles. The lowest BCUT2D eigenvalue weighted by atomic mass is 10.5. The SMILES string of the molecule is CCN(CC)CC.CO.O=[PH](O)O. The van der Waals surface area contributed by atoms with Crippen LogP contribution >= 0.6 is 8.25 Å². The standard InChI is InChI=1S/C6H15N.CH4O.H3O3P/c1-4-7(5-2)6-3;1-2;1-4(2)3/h4-6H2,1-3H3;2H,1H3;4H,(H2,1,2,3). The first-order chi connectivity index (χ1) is 6.08. The molecule has 0 rings (SSSR count). The summed E-state index contributed by atoms with van der Waals surface area (Å²) in [5.41, 5.74) is 0. The summed E-state index contributed by atoms with van der Waals surface area (Å²) in [4.78, 5) is 16.7. The maximum atomic E-state index is 8.74. The molecular formula is C7H22NO4P. The third kappa shape index (κ3) is 33.2. The Kier molecular flexibility index (Phi) is 26.0. The normalized spacial score (nSPS) is 8.69. The molecule has 0 unspecified atom stereocenters. The molecule has 3 N–H and O–H groups in total. The van der Waals surface area contributed by atoms with Crippen molar-refractivity contribution in [3.8, 4) is 0 Å². The van der Waals surface area contributed by atoms with Crippen LogP contribution in [0.1, 0.15) is 20.8 Å². The van der Waals surface area contributed by atoms with Gasteiger partial charge in [0.2, 0.25) is 0 Å². The van der Waals surface area contributed by atoms with Gasteiger partial charge in [-0.1, -0.05) is 20.8 Å². The van der Waals surface area contributed by atoms with Gasteiger partial charge in [-0.15, -0.1) is 0 Å². The molecule has 13 heavy (non-hydrogen) atoms. The van der Waals surface area contributed by atoms with Gasteiger partial charge in [-0.05, 0) is 19.6 Å². The molecular weight excluding hydrogens is 193 g/mol. The summed E-state index contributed by atoms with van der Waals surface area (Å²) in [5.74, 6) is 0. The quantitative estimate of drug-likeness (QED) is 0.591. The molecule has 5 nitrogen and oxygen atoms in total. The van der Waals surface area contributed by atoms with Crippen molar-refractivity contribution in [1.82, 2.24) is 4.90 Å². The van der Waals surface area contributed by atoms with Crippen LogP contribution in [0.4, 0.5) is 0 Å². The Morgan fingerprint density at radius 3 is 1.15 bits per heavy atom. The van der Waals surface area contributed by atoms with E-state index in [1.807, 2.05) is 0 Å². The summed E-state index contributed by atoms with van der Waals surface area (Å²) in [5, 5.41) is 7.00. The maximum Gasteiger partial charge on any atom is 0.314 e. The molecule has 0 spiro atoms. The smallest absolute Gasteiger partial charge is 0.314 e. The fourth-order valence-electron chi connectivity index (χ4n) is 0.671. The van der Waals surface area contributed by atoms with Crippen molar-refractivity contribution < 1.29 is 19.5 Å². The topological polar surface area (TPSA) is 81.0 Å². The Morgan fingerprint density at radius 1 is 1.00 bits per heavy atom. The highest BCUT2D eigenvalue weighted by Gasteiger charge is 1.89. The molecule has 0 aliphatic rings. The molecule has 6 heteroatoms. The molecule has 0 amide bonds. The molecule has 0 bridgehead atoms. The van der Waals surface area contributed by atoms with Crippen LogP contribution in [0.2, 0.25) is 0 Å². The van der Waals surface area contributed by atoms with Crippen molar-refractivity contribution in [2.45, 2.75) is 20.8 Å². The van der Waals surface area contributed by atoms with Crippen molar-refractivity contribution in [3.63, 3.8) is 0 Å². The molecule has 0 aromatic rings. The van der Waals surface area contributed by atoms with E-state index in [0.717, 1.165) is 7.11 Å². The molecule has 0 radical (unpaired) electrons. The third-order valence-corrected chi connectivity index (χ3v) is 1.34. The van der Waals surface area contributed by atoms with Gasteiger partial charge in [0.1, 0.15) is 0 Å². The second-order valence-corrected chi connectivity index (χ2v) is 2.47. The van der Waals surface area contributed by atoms with E-state index in [1.54, 1.807) is 0 Å².